The molecule has 0 aromatic carbocycles. The van der Waals surface area contributed by atoms with Crippen molar-refractivity contribution in [2.45, 2.75) is 76.4 Å². The predicted molar refractivity (Wildman–Crippen MR) is 72.4 cm³/mol. The van der Waals surface area contributed by atoms with Crippen LogP contribution in [0.15, 0.2) is 0 Å². The molecular weight excluding hydrogens is 232 g/mol. The normalized spacial score (nSPS) is 14.7. The van der Waals surface area contributed by atoms with Gasteiger partial charge in [-0.1, -0.05) is 38.5 Å². The maximum absolute atomic E-state index is 9.74. The molecule has 0 aliphatic rings. The van der Waals surface area contributed by atoms with Crippen molar-refractivity contribution in [3.05, 3.63) is 0 Å². The van der Waals surface area contributed by atoms with Crippen LogP contribution in [0.5, 0.6) is 0 Å². The van der Waals surface area contributed by atoms with Gasteiger partial charge in [-0.15, -0.1) is 0 Å². The molecule has 0 aromatic rings. The molecular formula is C14H30O4. The summed E-state index contributed by atoms with van der Waals surface area (Å²) in [5.74, 6) is 0. The fourth-order valence-electron chi connectivity index (χ4n) is 2.02. The number of unbranched alkanes of at least 4 members (excludes halogenated alkanes) is 6. The predicted octanol–water partition coefficient (Wildman–Crippen LogP) is 1.59. The van der Waals surface area contributed by atoms with Gasteiger partial charge in [-0.3, -0.25) is 0 Å². The monoisotopic (exact) mass is 262 g/mol. The highest BCUT2D eigenvalue weighted by Gasteiger charge is 2.14. The number of hydrogen-bond donors (Lipinski definition) is 4. The van der Waals surface area contributed by atoms with Crippen molar-refractivity contribution in [2.24, 2.45) is 0 Å². The number of aliphatic hydroxyl groups excluding tert-OH is 4. The van der Waals surface area contributed by atoms with Gasteiger partial charge in [0.05, 0.1) is 12.2 Å². The zero-order chi connectivity index (χ0) is 13.6. The lowest BCUT2D eigenvalue weighted by Crippen LogP contribution is -2.25. The summed E-state index contributed by atoms with van der Waals surface area (Å²) < 4.78 is 0. The summed E-state index contributed by atoms with van der Waals surface area (Å²) in [4.78, 5) is 0. The van der Waals surface area contributed by atoms with Gasteiger partial charge in [0.1, 0.15) is 0 Å². The van der Waals surface area contributed by atoms with Crippen molar-refractivity contribution < 1.29 is 20.4 Å². The fourth-order valence-corrected chi connectivity index (χ4v) is 2.02. The van der Waals surface area contributed by atoms with Gasteiger partial charge in [-0.2, -0.15) is 0 Å². The van der Waals surface area contributed by atoms with Crippen LogP contribution < -0.4 is 0 Å². The molecule has 0 bridgehead atoms. The molecule has 0 aliphatic heterocycles. The molecule has 4 nitrogen and oxygen atoms in total. The number of rotatable bonds is 13. The molecule has 4 N–H and O–H groups in total. The average Bonchev–Trinajstić information content (AvgIpc) is 2.37. The smallest absolute Gasteiger partial charge is 0.0799 e. The van der Waals surface area contributed by atoms with Crippen LogP contribution in [0.25, 0.3) is 0 Å². The molecule has 0 rings (SSSR count). The van der Waals surface area contributed by atoms with E-state index in [1.807, 2.05) is 0 Å². The van der Waals surface area contributed by atoms with Gasteiger partial charge in [0, 0.05) is 13.2 Å². The average molecular weight is 262 g/mol. The second-order valence-electron chi connectivity index (χ2n) is 4.99. The second-order valence-corrected chi connectivity index (χ2v) is 4.99. The number of hydrogen-bond acceptors (Lipinski definition) is 4. The Morgan fingerprint density at radius 2 is 0.833 bits per heavy atom. The largest absolute Gasteiger partial charge is 0.396 e. The highest BCUT2D eigenvalue weighted by Crippen LogP contribution is 2.13. The third-order valence-corrected chi connectivity index (χ3v) is 3.26. The van der Waals surface area contributed by atoms with Crippen molar-refractivity contribution in [2.75, 3.05) is 13.2 Å². The maximum Gasteiger partial charge on any atom is 0.0799 e. The molecule has 0 spiro atoms. The molecule has 0 aliphatic carbocycles. The molecule has 0 unspecified atom stereocenters. The van der Waals surface area contributed by atoms with E-state index < -0.39 is 12.2 Å². The summed E-state index contributed by atoms with van der Waals surface area (Å²) in [5, 5.41) is 36.7. The standard InChI is InChI=1S/C14H30O4/c15-11-7-3-1-5-9-13(17)14(18)10-6-2-4-8-12-16/h13-18H,1-12H2/t13-,14-/m0/s1. The Bertz CT molecular complexity index is 146. The third-order valence-electron chi connectivity index (χ3n) is 3.26. The van der Waals surface area contributed by atoms with E-state index in [0.29, 0.717) is 12.8 Å². The number of aliphatic hydroxyl groups is 4. The minimum atomic E-state index is -0.614. The van der Waals surface area contributed by atoms with Crippen LogP contribution in [-0.4, -0.2) is 45.8 Å². The molecule has 18 heavy (non-hydrogen) atoms. The summed E-state index contributed by atoms with van der Waals surface area (Å²) in [6.45, 7) is 0.470. The summed E-state index contributed by atoms with van der Waals surface area (Å²) in [6, 6.07) is 0. The SMILES string of the molecule is OCCCCCC[C@H](O)[C@@H](O)CCCCCCO. The molecule has 4 heteroatoms. The highest BCUT2D eigenvalue weighted by molar-refractivity contribution is 4.67. The van der Waals surface area contributed by atoms with E-state index in [1.165, 1.54) is 0 Å². The topological polar surface area (TPSA) is 80.9 Å². The van der Waals surface area contributed by atoms with E-state index >= 15 is 0 Å². The highest BCUT2D eigenvalue weighted by atomic mass is 16.3. The van der Waals surface area contributed by atoms with Crippen molar-refractivity contribution in [1.82, 2.24) is 0 Å². The first-order valence-electron chi connectivity index (χ1n) is 7.30. The first-order valence-corrected chi connectivity index (χ1v) is 7.30. The Morgan fingerprint density at radius 3 is 1.17 bits per heavy atom. The summed E-state index contributed by atoms with van der Waals surface area (Å²) >= 11 is 0. The molecule has 0 amide bonds. The van der Waals surface area contributed by atoms with Gasteiger partial charge in [0.2, 0.25) is 0 Å². The Kier molecular flexibility index (Phi) is 13.2. The van der Waals surface area contributed by atoms with Gasteiger partial charge in [0.25, 0.3) is 0 Å². The zero-order valence-corrected chi connectivity index (χ0v) is 11.4. The lowest BCUT2D eigenvalue weighted by Gasteiger charge is -2.17. The minimum absolute atomic E-state index is 0.235. The molecule has 0 fully saturated rings. The second kappa shape index (κ2) is 13.3. The van der Waals surface area contributed by atoms with Crippen LogP contribution >= 0.6 is 0 Å². The first kappa shape index (κ1) is 17.8. The van der Waals surface area contributed by atoms with Crippen LogP contribution in [0, 0.1) is 0 Å². The van der Waals surface area contributed by atoms with Gasteiger partial charge >= 0.3 is 0 Å². The van der Waals surface area contributed by atoms with E-state index in [2.05, 4.69) is 0 Å². The van der Waals surface area contributed by atoms with Gasteiger partial charge in [0.15, 0.2) is 0 Å². The van der Waals surface area contributed by atoms with Gasteiger partial charge in [-0.25, -0.2) is 0 Å². The van der Waals surface area contributed by atoms with Crippen LogP contribution in [-0.2, 0) is 0 Å². The fraction of sp³-hybridized carbons (Fsp3) is 1.00. The summed E-state index contributed by atoms with van der Waals surface area (Å²) in [6.07, 6.45) is 7.49. The Morgan fingerprint density at radius 1 is 0.500 bits per heavy atom. The molecule has 0 radical (unpaired) electrons. The lowest BCUT2D eigenvalue weighted by molar-refractivity contribution is 0.00705. The van der Waals surface area contributed by atoms with E-state index in [-0.39, 0.29) is 13.2 Å². The molecule has 0 saturated carbocycles. The molecule has 0 saturated heterocycles. The quantitative estimate of drug-likeness (QED) is 0.380. The van der Waals surface area contributed by atoms with E-state index in [1.54, 1.807) is 0 Å². The van der Waals surface area contributed by atoms with E-state index in [4.69, 9.17) is 10.2 Å². The van der Waals surface area contributed by atoms with Gasteiger partial charge < -0.3 is 20.4 Å². The van der Waals surface area contributed by atoms with Gasteiger partial charge in [-0.05, 0) is 25.7 Å². The first-order chi connectivity index (χ1) is 8.72. The van der Waals surface area contributed by atoms with Crippen LogP contribution in [0.4, 0.5) is 0 Å². The summed E-state index contributed by atoms with van der Waals surface area (Å²) in [5.41, 5.74) is 0. The Labute approximate surface area is 111 Å². The van der Waals surface area contributed by atoms with Crippen LogP contribution in [0.1, 0.15) is 64.2 Å². The third kappa shape index (κ3) is 11.0. The van der Waals surface area contributed by atoms with E-state index in [0.717, 1.165) is 51.4 Å². The summed E-state index contributed by atoms with van der Waals surface area (Å²) in [7, 11) is 0. The lowest BCUT2D eigenvalue weighted by atomic mass is 10.0. The zero-order valence-electron chi connectivity index (χ0n) is 11.4. The van der Waals surface area contributed by atoms with Crippen LogP contribution in [0.2, 0.25) is 0 Å². The van der Waals surface area contributed by atoms with Crippen molar-refractivity contribution in [3.63, 3.8) is 0 Å². The minimum Gasteiger partial charge on any atom is -0.396 e. The van der Waals surface area contributed by atoms with Crippen LogP contribution in [0.3, 0.4) is 0 Å². The molecule has 110 valence electrons. The molecule has 0 heterocycles. The van der Waals surface area contributed by atoms with E-state index in [9.17, 15) is 10.2 Å². The molecule has 2 atom stereocenters. The Balaban J connectivity index is 3.36. The van der Waals surface area contributed by atoms with Crippen molar-refractivity contribution in [3.8, 4) is 0 Å². The maximum atomic E-state index is 9.74. The molecule has 0 aromatic heterocycles. The Hall–Kier alpha value is -0.160. The van der Waals surface area contributed by atoms with Crippen molar-refractivity contribution in [1.29, 1.82) is 0 Å². The van der Waals surface area contributed by atoms with Crippen molar-refractivity contribution >= 4 is 0 Å².